The zero-order valence-corrected chi connectivity index (χ0v) is 39.5. The van der Waals surface area contributed by atoms with Gasteiger partial charge in [0.2, 0.25) is 17.8 Å². The van der Waals surface area contributed by atoms with Gasteiger partial charge in [-0.2, -0.15) is 10.4 Å². The van der Waals surface area contributed by atoms with Gasteiger partial charge in [0.05, 0.1) is 28.7 Å². The van der Waals surface area contributed by atoms with Crippen LogP contribution in [0.4, 0.5) is 26.2 Å². The Morgan fingerprint density at radius 3 is 2.31 bits per heavy atom. The first-order valence-electron chi connectivity index (χ1n) is 23.5. The van der Waals surface area contributed by atoms with Gasteiger partial charge in [0.1, 0.15) is 17.9 Å². The van der Waals surface area contributed by atoms with Crippen LogP contribution in [0.1, 0.15) is 117 Å². The smallest absolute Gasteiger partial charge is 0.263 e. The number of piperidine rings is 1. The van der Waals surface area contributed by atoms with E-state index in [1.165, 1.54) is 6.07 Å². The number of rotatable bonds is 9. The van der Waals surface area contributed by atoms with Crippen molar-refractivity contribution in [3.8, 4) is 11.8 Å². The summed E-state index contributed by atoms with van der Waals surface area (Å²) < 4.78 is 36.2. The molecule has 2 saturated carbocycles. The molecule has 17 heteroatoms. The standard InChI is InChI=1S/C50H57ClF2N10O4/c1-29(64)60-18-14-39-37(26-60)42(62-15-6-7-30-8-9-32(41(52)53)19-40(30)62)58-63(39)35-21-50(22-35)27-61(28-50)44(66)31-12-16-59(17-13-31)47-55-24-34(25-56-47)43(65)57-45-48(2,3)46(49(45,4)5)67-36-11-10-33(23-54)38(51)20-36/h8-11,19-20,24-25,31,35,41,45-46H,6-7,12-18,21-22,26-28H2,1-5H3,(H,57,65). The maximum atomic E-state index is 13.8. The summed E-state index contributed by atoms with van der Waals surface area (Å²) >= 11 is 6.26. The highest BCUT2D eigenvalue weighted by molar-refractivity contribution is 6.31. The molecule has 2 saturated heterocycles. The van der Waals surface area contributed by atoms with Gasteiger partial charge in [-0.1, -0.05) is 51.4 Å². The van der Waals surface area contributed by atoms with E-state index in [1.54, 1.807) is 43.6 Å². The lowest BCUT2D eigenvalue weighted by molar-refractivity contribution is -0.164. The van der Waals surface area contributed by atoms with Crippen molar-refractivity contribution in [1.82, 2.24) is 34.9 Å². The molecule has 1 N–H and O–H groups in total. The minimum Gasteiger partial charge on any atom is -0.489 e. The number of likely N-dealkylation sites (tertiary alicyclic amines) is 1. The summed E-state index contributed by atoms with van der Waals surface area (Å²) in [7, 11) is 0. The molecule has 1 spiro atoms. The van der Waals surface area contributed by atoms with Crippen LogP contribution in [0.25, 0.3) is 0 Å². The predicted molar refractivity (Wildman–Crippen MR) is 247 cm³/mol. The molecule has 67 heavy (non-hydrogen) atoms. The van der Waals surface area contributed by atoms with Gasteiger partial charge in [0.25, 0.3) is 12.3 Å². The van der Waals surface area contributed by atoms with E-state index in [0.717, 1.165) is 67.1 Å². The summed E-state index contributed by atoms with van der Waals surface area (Å²) in [5.41, 5.74) is 3.91. The van der Waals surface area contributed by atoms with Crippen molar-refractivity contribution in [2.75, 3.05) is 49.1 Å². The van der Waals surface area contributed by atoms with Crippen molar-refractivity contribution in [3.63, 3.8) is 0 Å². The summed E-state index contributed by atoms with van der Waals surface area (Å²) in [6, 6.07) is 12.0. The quantitative estimate of drug-likeness (QED) is 0.176. The van der Waals surface area contributed by atoms with Gasteiger partial charge < -0.3 is 29.7 Å². The topological polar surface area (TPSA) is 153 Å². The molecule has 4 fully saturated rings. The number of hydrogen-bond donors (Lipinski definition) is 1. The molecule has 0 bridgehead atoms. The Kier molecular flexibility index (Phi) is 11.2. The molecule has 6 heterocycles. The van der Waals surface area contributed by atoms with Gasteiger partial charge in [-0.15, -0.1) is 0 Å². The highest BCUT2D eigenvalue weighted by Gasteiger charge is 2.64. The van der Waals surface area contributed by atoms with Crippen molar-refractivity contribution in [1.29, 1.82) is 5.26 Å². The third-order valence-electron chi connectivity index (χ3n) is 15.8. The molecule has 10 rings (SSSR count). The molecule has 0 unspecified atom stereocenters. The van der Waals surface area contributed by atoms with Crippen LogP contribution in [0.2, 0.25) is 5.02 Å². The Morgan fingerprint density at radius 2 is 1.66 bits per heavy atom. The summed E-state index contributed by atoms with van der Waals surface area (Å²) in [4.78, 5) is 57.0. The van der Waals surface area contributed by atoms with Crippen molar-refractivity contribution < 1.29 is 27.9 Å². The zero-order valence-electron chi connectivity index (χ0n) is 38.7. The third kappa shape index (κ3) is 7.84. The number of benzene rings is 2. The van der Waals surface area contributed by atoms with E-state index < -0.39 is 17.3 Å². The molecule has 3 amide bonds. The van der Waals surface area contributed by atoms with Crippen LogP contribution in [-0.4, -0.2) is 98.7 Å². The lowest BCUT2D eigenvalue weighted by atomic mass is 9.49. The van der Waals surface area contributed by atoms with Gasteiger partial charge >= 0.3 is 0 Å². The minimum atomic E-state index is -2.57. The largest absolute Gasteiger partial charge is 0.489 e. The molecular formula is C50H57ClF2N10O4. The number of fused-ring (bicyclic) bond motifs is 2. The van der Waals surface area contributed by atoms with Gasteiger partial charge in [-0.05, 0) is 62.3 Å². The molecule has 2 aromatic heterocycles. The van der Waals surface area contributed by atoms with Crippen LogP contribution in [0.3, 0.4) is 0 Å². The molecule has 14 nitrogen and oxygen atoms in total. The van der Waals surface area contributed by atoms with Gasteiger partial charge in [0.15, 0.2) is 5.82 Å². The fourth-order valence-corrected chi connectivity index (χ4v) is 12.7. The Labute approximate surface area is 394 Å². The van der Waals surface area contributed by atoms with Crippen LogP contribution in [0, 0.1) is 33.5 Å². The van der Waals surface area contributed by atoms with Crippen LogP contribution in [0.5, 0.6) is 5.75 Å². The normalized spacial score (nSPS) is 22.8. The SMILES string of the molecule is CC(=O)N1CCc2c(c(N3CCCc4ccc(C(F)F)cc43)nn2C2CC3(C2)CN(C(=O)C2CCN(c4ncc(C(=O)NC5C(C)(C)C(Oc6ccc(C#N)c(Cl)c6)C5(C)C)cn4)CC2)C3)C1. The number of ether oxygens (including phenoxy) is 1. The minimum absolute atomic E-state index is 0.00288. The number of nitriles is 1. The Hall–Kier alpha value is -5.82. The second-order valence-corrected chi connectivity index (χ2v) is 21.3. The first kappa shape index (κ1) is 45.0. The second kappa shape index (κ2) is 16.7. The first-order chi connectivity index (χ1) is 32.0. The number of amides is 3. The highest BCUT2D eigenvalue weighted by atomic mass is 35.5. The molecule has 6 aliphatic rings. The molecule has 352 valence electrons. The summed E-state index contributed by atoms with van der Waals surface area (Å²) in [6.45, 7) is 14.3. The van der Waals surface area contributed by atoms with E-state index in [1.807, 2.05) is 15.9 Å². The summed E-state index contributed by atoms with van der Waals surface area (Å²) in [6.07, 6.45) is 5.93. The number of aromatic nitrogens is 4. The van der Waals surface area contributed by atoms with Crippen LogP contribution >= 0.6 is 11.6 Å². The van der Waals surface area contributed by atoms with Gasteiger partial charge in [-0.25, -0.2) is 18.7 Å². The number of aryl methyl sites for hydroxylation is 1. The van der Waals surface area contributed by atoms with Gasteiger partial charge in [0, 0.05) is 122 Å². The van der Waals surface area contributed by atoms with E-state index in [9.17, 15) is 28.4 Å². The fraction of sp³-hybridized carbons (Fsp3) is 0.540. The van der Waals surface area contributed by atoms with Crippen molar-refractivity contribution >= 4 is 46.8 Å². The number of nitrogens with zero attached hydrogens (tertiary/aromatic N) is 9. The predicted octanol–water partition coefficient (Wildman–Crippen LogP) is 7.82. The first-order valence-corrected chi connectivity index (χ1v) is 23.9. The molecule has 4 aromatic rings. The summed E-state index contributed by atoms with van der Waals surface area (Å²) in [5.74, 6) is 1.74. The van der Waals surface area contributed by atoms with Crippen LogP contribution < -0.4 is 19.9 Å². The van der Waals surface area contributed by atoms with E-state index >= 15 is 0 Å². The average molecular weight is 936 g/mol. The number of hydrogen-bond acceptors (Lipinski definition) is 10. The lowest BCUT2D eigenvalue weighted by Gasteiger charge is -2.63. The molecule has 0 radical (unpaired) electrons. The van der Waals surface area contributed by atoms with E-state index in [0.29, 0.717) is 79.8 Å². The molecule has 2 aliphatic carbocycles. The Morgan fingerprint density at radius 1 is 0.940 bits per heavy atom. The monoisotopic (exact) mass is 934 g/mol. The van der Waals surface area contributed by atoms with Crippen molar-refractivity contribution in [2.24, 2.45) is 22.2 Å². The average Bonchev–Trinajstić information content (AvgIpc) is 3.66. The van der Waals surface area contributed by atoms with E-state index in [4.69, 9.17) is 21.4 Å². The number of anilines is 3. The Balaban J connectivity index is 0.721. The number of halogens is 3. The molecular weight excluding hydrogens is 878 g/mol. The van der Waals surface area contributed by atoms with E-state index in [-0.39, 0.29) is 52.8 Å². The Bertz CT molecular complexity index is 2640. The maximum absolute atomic E-state index is 13.8. The summed E-state index contributed by atoms with van der Waals surface area (Å²) in [5, 5.41) is 18.0. The molecule has 2 aromatic carbocycles. The van der Waals surface area contributed by atoms with Crippen LogP contribution in [0.15, 0.2) is 48.8 Å². The van der Waals surface area contributed by atoms with Crippen molar-refractivity contribution in [2.45, 2.75) is 111 Å². The van der Waals surface area contributed by atoms with Crippen LogP contribution in [-0.2, 0) is 29.0 Å². The van der Waals surface area contributed by atoms with Crippen molar-refractivity contribution in [3.05, 3.63) is 87.3 Å². The second-order valence-electron chi connectivity index (χ2n) is 20.9. The molecule has 0 atom stereocenters. The third-order valence-corrected chi connectivity index (χ3v) is 16.1. The molecule has 4 aliphatic heterocycles. The number of alkyl halides is 2. The maximum Gasteiger partial charge on any atom is 0.263 e. The zero-order chi connectivity index (χ0) is 47.2. The van der Waals surface area contributed by atoms with E-state index in [2.05, 4.69) is 63.5 Å². The van der Waals surface area contributed by atoms with Gasteiger partial charge in [-0.3, -0.25) is 19.1 Å². The fourth-order valence-electron chi connectivity index (χ4n) is 12.5. The highest BCUT2D eigenvalue weighted by Crippen LogP contribution is 2.57. The lowest BCUT2D eigenvalue weighted by Crippen LogP contribution is -2.74. The number of carbonyl (C=O) groups is 3. The number of nitrogens with one attached hydrogen (secondary N) is 1. The number of carbonyl (C=O) groups excluding carboxylic acids is 3.